The molecule has 0 saturated carbocycles. The van der Waals surface area contributed by atoms with E-state index in [4.69, 9.17) is 46.4 Å². The average molecular weight is 494 g/mol. The molecule has 5 nitrogen and oxygen atoms in total. The van der Waals surface area contributed by atoms with Gasteiger partial charge in [-0.2, -0.15) is 8.42 Å². The summed E-state index contributed by atoms with van der Waals surface area (Å²) in [6, 6.07) is 11.3. The van der Waals surface area contributed by atoms with Gasteiger partial charge in [-0.05, 0) is 47.5 Å². The van der Waals surface area contributed by atoms with Crippen LogP contribution in [0.25, 0.3) is 0 Å². The summed E-state index contributed by atoms with van der Waals surface area (Å²) >= 11 is 24.5. The summed E-state index contributed by atoms with van der Waals surface area (Å²) in [6.07, 6.45) is 0. The Hall–Kier alpha value is -1.67. The predicted octanol–water partition coefficient (Wildman–Crippen LogP) is 5.89. The quantitative estimate of drug-likeness (QED) is 0.239. The van der Waals surface area contributed by atoms with Crippen LogP contribution in [0.5, 0.6) is 11.5 Å². The molecule has 0 aliphatic rings. The van der Waals surface area contributed by atoms with Gasteiger partial charge in [-0.15, -0.1) is 0 Å². The molecule has 0 aliphatic carbocycles. The van der Waals surface area contributed by atoms with E-state index in [9.17, 15) is 23.2 Å². The summed E-state index contributed by atoms with van der Waals surface area (Å²) in [5.41, 5.74) is -0.346. The molecule has 3 rings (SSSR count). The monoisotopic (exact) mass is 492 g/mol. The van der Waals surface area contributed by atoms with Crippen LogP contribution in [-0.2, 0) is 14.9 Å². The highest BCUT2D eigenvalue weighted by Crippen LogP contribution is 2.50. The molecule has 0 radical (unpaired) electrons. The molecule has 152 valence electrons. The lowest BCUT2D eigenvalue weighted by molar-refractivity contribution is 0.444. The van der Waals surface area contributed by atoms with Crippen LogP contribution in [0.3, 0.4) is 0 Å². The lowest BCUT2D eigenvalue weighted by atomic mass is 9.83. The third-order valence-corrected chi connectivity index (χ3v) is 7.06. The number of hydrogen-bond donors (Lipinski definition) is 3. The largest absolute Gasteiger partial charge is 0.508 e. The highest BCUT2D eigenvalue weighted by Gasteiger charge is 2.50. The topological polar surface area (TPSA) is 94.8 Å². The van der Waals surface area contributed by atoms with Crippen LogP contribution >= 0.6 is 46.4 Å². The molecule has 0 saturated heterocycles. The molecule has 0 amide bonds. The van der Waals surface area contributed by atoms with Crippen molar-refractivity contribution in [2.45, 2.75) is 4.75 Å². The van der Waals surface area contributed by atoms with Gasteiger partial charge in [0, 0.05) is 21.7 Å². The normalized spacial score (nSPS) is 13.8. The number of hydrogen-bond acceptors (Lipinski definition) is 4. The predicted molar refractivity (Wildman–Crippen MR) is 114 cm³/mol. The van der Waals surface area contributed by atoms with Crippen molar-refractivity contribution in [1.82, 2.24) is 0 Å². The Balaban J connectivity index is 2.60. The van der Waals surface area contributed by atoms with Gasteiger partial charge in [0.1, 0.15) is 11.5 Å². The molecular weight excluding hydrogens is 482 g/mol. The summed E-state index contributed by atoms with van der Waals surface area (Å²) < 4.78 is 34.0. The fourth-order valence-electron chi connectivity index (χ4n) is 3.21. The van der Waals surface area contributed by atoms with Crippen molar-refractivity contribution in [2.24, 2.45) is 0 Å². The molecule has 1 atom stereocenters. The smallest absolute Gasteiger partial charge is 0.283 e. The first-order valence-corrected chi connectivity index (χ1v) is 10.8. The van der Waals surface area contributed by atoms with Crippen LogP contribution in [0.1, 0.15) is 16.7 Å². The zero-order chi connectivity index (χ0) is 21.6. The Kier molecular flexibility index (Phi) is 5.98. The van der Waals surface area contributed by atoms with Gasteiger partial charge in [-0.1, -0.05) is 58.5 Å². The van der Waals surface area contributed by atoms with Gasteiger partial charge in [0.05, 0.1) is 10.0 Å². The lowest BCUT2D eigenvalue weighted by Gasteiger charge is -2.33. The van der Waals surface area contributed by atoms with Gasteiger partial charge in [0.25, 0.3) is 10.1 Å². The lowest BCUT2D eigenvalue weighted by Crippen LogP contribution is -2.38. The number of halogens is 4. The summed E-state index contributed by atoms with van der Waals surface area (Å²) in [4.78, 5) is 0. The first-order valence-electron chi connectivity index (χ1n) is 7.88. The number of aromatic hydroxyl groups is 2. The first kappa shape index (κ1) is 22.0. The van der Waals surface area contributed by atoms with Crippen molar-refractivity contribution in [3.05, 3.63) is 91.4 Å². The minimum Gasteiger partial charge on any atom is -0.508 e. The van der Waals surface area contributed by atoms with Crippen LogP contribution in [-0.4, -0.2) is 23.2 Å². The Morgan fingerprint density at radius 2 is 1.28 bits per heavy atom. The van der Waals surface area contributed by atoms with Crippen molar-refractivity contribution < 1.29 is 23.2 Å². The van der Waals surface area contributed by atoms with Gasteiger partial charge in [0.2, 0.25) is 0 Å². The van der Waals surface area contributed by atoms with E-state index < -0.39 is 26.4 Å². The summed E-state index contributed by atoms with van der Waals surface area (Å²) in [5, 5.41) is 20.1. The highest BCUT2D eigenvalue weighted by molar-refractivity contribution is 7.87. The zero-order valence-corrected chi connectivity index (χ0v) is 18.1. The van der Waals surface area contributed by atoms with E-state index in [-0.39, 0.29) is 31.8 Å². The van der Waals surface area contributed by atoms with Gasteiger partial charge >= 0.3 is 0 Å². The second-order valence-electron chi connectivity index (χ2n) is 6.15. The van der Waals surface area contributed by atoms with Crippen LogP contribution < -0.4 is 0 Å². The van der Waals surface area contributed by atoms with Crippen molar-refractivity contribution in [3.63, 3.8) is 0 Å². The second-order valence-corrected chi connectivity index (χ2v) is 9.37. The van der Waals surface area contributed by atoms with Gasteiger partial charge < -0.3 is 10.2 Å². The second kappa shape index (κ2) is 7.87. The van der Waals surface area contributed by atoms with E-state index in [0.29, 0.717) is 5.02 Å². The number of phenols is 2. The molecule has 0 aliphatic heterocycles. The molecule has 10 heteroatoms. The van der Waals surface area contributed by atoms with Crippen LogP contribution in [0.2, 0.25) is 20.1 Å². The standard InChI is InChI=1S/C19H12Cl4O5S/c20-12-3-1-10(2-4-12)19(29(26,27)28,11-5-14(24)9-15(25)6-11)16-7-13(21)8-17(22)18(16)23/h1-9,24-25H,(H,26,27,28). The third-order valence-electron chi connectivity index (χ3n) is 4.32. The maximum atomic E-state index is 13.0. The van der Waals surface area contributed by atoms with E-state index in [2.05, 4.69) is 0 Å². The number of benzene rings is 3. The molecular formula is C19H12Cl4O5S. The fourth-order valence-corrected chi connectivity index (χ4v) is 5.42. The maximum Gasteiger partial charge on any atom is 0.283 e. The Morgan fingerprint density at radius 1 is 0.724 bits per heavy atom. The minimum atomic E-state index is -5.06. The van der Waals surface area contributed by atoms with Crippen LogP contribution in [0, 0.1) is 0 Å². The van der Waals surface area contributed by atoms with Gasteiger partial charge in [-0.3, -0.25) is 4.55 Å². The molecule has 0 spiro atoms. The maximum absolute atomic E-state index is 13.0. The van der Waals surface area contributed by atoms with E-state index in [1.807, 2.05) is 0 Å². The van der Waals surface area contributed by atoms with E-state index >= 15 is 0 Å². The SMILES string of the molecule is O=S(=O)(O)C(c1ccc(Cl)cc1)(c1cc(O)cc(O)c1)c1cc(Cl)cc(Cl)c1Cl. The molecule has 0 fully saturated rings. The summed E-state index contributed by atoms with van der Waals surface area (Å²) in [5.74, 6) is -0.877. The first-order chi connectivity index (χ1) is 13.5. The highest BCUT2D eigenvalue weighted by atomic mass is 35.5. The van der Waals surface area contributed by atoms with Crippen molar-refractivity contribution >= 4 is 56.5 Å². The summed E-state index contributed by atoms with van der Waals surface area (Å²) in [6.45, 7) is 0. The molecule has 0 aromatic heterocycles. The van der Waals surface area contributed by atoms with Crippen LogP contribution in [0.4, 0.5) is 0 Å². The number of rotatable bonds is 4. The molecule has 0 bridgehead atoms. The zero-order valence-electron chi connectivity index (χ0n) is 14.3. The Morgan fingerprint density at radius 3 is 1.79 bits per heavy atom. The van der Waals surface area contributed by atoms with Gasteiger partial charge in [-0.25, -0.2) is 0 Å². The molecule has 3 N–H and O–H groups in total. The van der Waals surface area contributed by atoms with Crippen molar-refractivity contribution in [3.8, 4) is 11.5 Å². The van der Waals surface area contributed by atoms with Gasteiger partial charge in [0.15, 0.2) is 4.75 Å². The molecule has 29 heavy (non-hydrogen) atoms. The van der Waals surface area contributed by atoms with E-state index in [1.54, 1.807) is 0 Å². The Bertz CT molecular complexity index is 1180. The number of phenolic OH excluding ortho intramolecular Hbond substituents is 2. The summed E-state index contributed by atoms with van der Waals surface area (Å²) in [7, 11) is -5.06. The minimum absolute atomic E-state index is 0.0228. The fraction of sp³-hybridized carbons (Fsp3) is 0.0526. The molecule has 1 unspecified atom stereocenters. The van der Waals surface area contributed by atoms with Crippen LogP contribution in [0.15, 0.2) is 54.6 Å². The van der Waals surface area contributed by atoms with E-state index in [1.165, 1.54) is 36.4 Å². The van der Waals surface area contributed by atoms with Crippen molar-refractivity contribution in [2.75, 3.05) is 0 Å². The molecule has 3 aromatic carbocycles. The molecule has 0 heterocycles. The molecule has 3 aromatic rings. The Labute approximate surface area is 186 Å². The van der Waals surface area contributed by atoms with Crippen molar-refractivity contribution in [1.29, 1.82) is 0 Å². The third kappa shape index (κ3) is 3.89. The average Bonchev–Trinajstić information content (AvgIpc) is 2.59. The van der Waals surface area contributed by atoms with E-state index in [0.717, 1.165) is 18.2 Å².